The van der Waals surface area contributed by atoms with Crippen molar-refractivity contribution < 1.29 is 8.42 Å². The van der Waals surface area contributed by atoms with Gasteiger partial charge in [-0.2, -0.15) is 0 Å². The average Bonchev–Trinajstić information content (AvgIpc) is 2.45. The summed E-state index contributed by atoms with van der Waals surface area (Å²) in [7, 11) is -3.47. The third kappa shape index (κ3) is 4.70. The number of hydrogen-bond donors (Lipinski definition) is 1. The minimum absolute atomic E-state index is 0.153. The minimum atomic E-state index is -3.47. The van der Waals surface area contributed by atoms with Crippen LogP contribution in [-0.4, -0.2) is 44.5 Å². The van der Waals surface area contributed by atoms with Crippen LogP contribution in [0.3, 0.4) is 0 Å². The van der Waals surface area contributed by atoms with Crippen LogP contribution in [0.25, 0.3) is 0 Å². The molecule has 0 spiro atoms. The standard InChI is InChI=1S/C13H20ClN3O2S/c14-13-6-5-12(11-15-13)20(18,19)16-7-4-10-17-8-2-1-3-9-17/h5-6,11,16H,1-4,7-10H2. The van der Waals surface area contributed by atoms with Crippen molar-refractivity contribution in [3.05, 3.63) is 23.5 Å². The van der Waals surface area contributed by atoms with Gasteiger partial charge in [-0.05, 0) is 51.0 Å². The van der Waals surface area contributed by atoms with Crippen LogP contribution in [0.2, 0.25) is 5.15 Å². The molecule has 0 amide bonds. The molecule has 2 rings (SSSR count). The van der Waals surface area contributed by atoms with Crippen molar-refractivity contribution in [2.24, 2.45) is 0 Å². The first-order valence-corrected chi connectivity index (χ1v) is 8.78. The van der Waals surface area contributed by atoms with Crippen LogP contribution < -0.4 is 4.72 Å². The molecule has 1 aliphatic heterocycles. The molecule has 112 valence electrons. The fourth-order valence-corrected chi connectivity index (χ4v) is 3.43. The normalized spacial score (nSPS) is 17.2. The van der Waals surface area contributed by atoms with Gasteiger partial charge in [0, 0.05) is 12.7 Å². The monoisotopic (exact) mass is 317 g/mol. The lowest BCUT2D eigenvalue weighted by atomic mass is 10.1. The second kappa shape index (κ2) is 7.36. The van der Waals surface area contributed by atoms with Gasteiger partial charge in [0.2, 0.25) is 10.0 Å². The predicted octanol–water partition coefficient (Wildman–Crippen LogP) is 1.89. The van der Waals surface area contributed by atoms with E-state index in [1.54, 1.807) is 0 Å². The highest BCUT2D eigenvalue weighted by Crippen LogP contribution is 2.11. The molecule has 1 N–H and O–H groups in total. The topological polar surface area (TPSA) is 62.3 Å². The van der Waals surface area contributed by atoms with Gasteiger partial charge in [0.1, 0.15) is 10.0 Å². The first-order chi connectivity index (χ1) is 9.58. The molecule has 0 saturated carbocycles. The fraction of sp³-hybridized carbons (Fsp3) is 0.615. The number of hydrogen-bond acceptors (Lipinski definition) is 4. The maximum atomic E-state index is 12.0. The molecule has 2 heterocycles. The van der Waals surface area contributed by atoms with Crippen LogP contribution in [0.1, 0.15) is 25.7 Å². The van der Waals surface area contributed by atoms with E-state index in [0.717, 1.165) is 26.1 Å². The predicted molar refractivity (Wildman–Crippen MR) is 79.3 cm³/mol. The molecule has 20 heavy (non-hydrogen) atoms. The molecule has 0 aromatic carbocycles. The Bertz CT molecular complexity index is 513. The summed E-state index contributed by atoms with van der Waals surface area (Å²) in [4.78, 5) is 6.33. The average molecular weight is 318 g/mol. The molecular weight excluding hydrogens is 298 g/mol. The van der Waals surface area contributed by atoms with Crippen molar-refractivity contribution in [2.75, 3.05) is 26.2 Å². The van der Waals surface area contributed by atoms with Gasteiger partial charge in [-0.25, -0.2) is 18.1 Å². The Morgan fingerprint density at radius 3 is 2.65 bits per heavy atom. The van der Waals surface area contributed by atoms with Crippen molar-refractivity contribution in [3.63, 3.8) is 0 Å². The van der Waals surface area contributed by atoms with Gasteiger partial charge >= 0.3 is 0 Å². The Balaban J connectivity index is 1.76. The summed E-state index contributed by atoms with van der Waals surface area (Å²) in [5, 5.41) is 0.286. The lowest BCUT2D eigenvalue weighted by Gasteiger charge is -2.26. The number of nitrogens with zero attached hydrogens (tertiary/aromatic N) is 2. The summed E-state index contributed by atoms with van der Waals surface area (Å²) < 4.78 is 26.6. The van der Waals surface area contributed by atoms with Gasteiger partial charge in [0.05, 0.1) is 0 Å². The lowest BCUT2D eigenvalue weighted by molar-refractivity contribution is 0.227. The van der Waals surface area contributed by atoms with E-state index in [1.165, 1.54) is 37.6 Å². The molecule has 7 heteroatoms. The van der Waals surface area contributed by atoms with Crippen LogP contribution in [0.4, 0.5) is 0 Å². The second-order valence-electron chi connectivity index (χ2n) is 4.97. The number of sulfonamides is 1. The van der Waals surface area contributed by atoms with Gasteiger partial charge in [0.15, 0.2) is 0 Å². The SMILES string of the molecule is O=S(=O)(NCCCN1CCCCC1)c1ccc(Cl)nc1. The molecule has 0 bridgehead atoms. The Labute approximate surface area is 125 Å². The van der Waals surface area contributed by atoms with Gasteiger partial charge in [-0.15, -0.1) is 0 Å². The van der Waals surface area contributed by atoms with E-state index in [4.69, 9.17) is 11.6 Å². The van der Waals surface area contributed by atoms with Crippen LogP contribution in [0.5, 0.6) is 0 Å². The molecule has 1 aromatic heterocycles. The third-order valence-electron chi connectivity index (χ3n) is 3.40. The Morgan fingerprint density at radius 2 is 2.00 bits per heavy atom. The van der Waals surface area contributed by atoms with Crippen LogP contribution in [0, 0.1) is 0 Å². The van der Waals surface area contributed by atoms with E-state index in [9.17, 15) is 8.42 Å². The van der Waals surface area contributed by atoms with Gasteiger partial charge < -0.3 is 4.90 Å². The van der Waals surface area contributed by atoms with Crippen LogP contribution in [0.15, 0.2) is 23.2 Å². The van der Waals surface area contributed by atoms with Crippen molar-refractivity contribution >= 4 is 21.6 Å². The van der Waals surface area contributed by atoms with Crippen molar-refractivity contribution in [1.82, 2.24) is 14.6 Å². The van der Waals surface area contributed by atoms with E-state index in [1.807, 2.05) is 0 Å². The number of halogens is 1. The van der Waals surface area contributed by atoms with E-state index < -0.39 is 10.0 Å². The molecule has 0 atom stereocenters. The summed E-state index contributed by atoms with van der Waals surface area (Å²) in [5.74, 6) is 0. The largest absolute Gasteiger partial charge is 0.303 e. The highest BCUT2D eigenvalue weighted by molar-refractivity contribution is 7.89. The fourth-order valence-electron chi connectivity index (χ4n) is 2.30. The summed E-state index contributed by atoms with van der Waals surface area (Å²) in [6.07, 6.45) is 5.91. The molecule has 1 aromatic rings. The molecule has 0 radical (unpaired) electrons. The minimum Gasteiger partial charge on any atom is -0.303 e. The molecule has 0 unspecified atom stereocenters. The molecule has 1 fully saturated rings. The third-order valence-corrected chi connectivity index (χ3v) is 5.07. The first kappa shape index (κ1) is 15.7. The Morgan fingerprint density at radius 1 is 1.25 bits per heavy atom. The van der Waals surface area contributed by atoms with E-state index in [0.29, 0.717) is 6.54 Å². The van der Waals surface area contributed by atoms with Crippen LogP contribution >= 0.6 is 11.6 Å². The summed E-state index contributed by atoms with van der Waals surface area (Å²) in [6.45, 7) is 3.66. The number of aromatic nitrogens is 1. The lowest BCUT2D eigenvalue weighted by Crippen LogP contribution is -2.33. The zero-order valence-electron chi connectivity index (χ0n) is 11.4. The van der Waals surface area contributed by atoms with Crippen molar-refractivity contribution in [2.45, 2.75) is 30.6 Å². The zero-order chi connectivity index (χ0) is 14.4. The number of piperidine rings is 1. The number of nitrogens with one attached hydrogen (secondary N) is 1. The molecular formula is C13H20ClN3O2S. The van der Waals surface area contributed by atoms with E-state index in [2.05, 4.69) is 14.6 Å². The van der Waals surface area contributed by atoms with Crippen molar-refractivity contribution in [1.29, 1.82) is 0 Å². The summed E-state index contributed by atoms with van der Waals surface area (Å²) in [5.41, 5.74) is 0. The Hall–Kier alpha value is -0.690. The molecule has 5 nitrogen and oxygen atoms in total. The van der Waals surface area contributed by atoms with E-state index >= 15 is 0 Å². The van der Waals surface area contributed by atoms with Crippen LogP contribution in [-0.2, 0) is 10.0 Å². The maximum absolute atomic E-state index is 12.0. The molecule has 0 aliphatic carbocycles. The quantitative estimate of drug-likeness (QED) is 0.643. The zero-order valence-corrected chi connectivity index (χ0v) is 13.0. The van der Waals surface area contributed by atoms with Gasteiger partial charge in [-0.3, -0.25) is 0 Å². The highest BCUT2D eigenvalue weighted by atomic mass is 35.5. The highest BCUT2D eigenvalue weighted by Gasteiger charge is 2.14. The number of pyridine rings is 1. The number of rotatable bonds is 6. The summed E-state index contributed by atoms with van der Waals surface area (Å²) >= 11 is 5.64. The second-order valence-corrected chi connectivity index (χ2v) is 7.12. The smallest absolute Gasteiger partial charge is 0.242 e. The Kier molecular flexibility index (Phi) is 5.77. The van der Waals surface area contributed by atoms with Gasteiger partial charge in [-0.1, -0.05) is 18.0 Å². The maximum Gasteiger partial charge on any atom is 0.242 e. The first-order valence-electron chi connectivity index (χ1n) is 6.91. The van der Waals surface area contributed by atoms with Gasteiger partial charge in [0.25, 0.3) is 0 Å². The summed E-state index contributed by atoms with van der Waals surface area (Å²) in [6, 6.07) is 2.94. The molecule has 1 aliphatic rings. The number of likely N-dealkylation sites (tertiary alicyclic amines) is 1. The van der Waals surface area contributed by atoms with E-state index in [-0.39, 0.29) is 10.0 Å². The van der Waals surface area contributed by atoms with Crippen molar-refractivity contribution in [3.8, 4) is 0 Å². The molecule has 1 saturated heterocycles.